The van der Waals surface area contributed by atoms with Crippen molar-refractivity contribution in [1.82, 2.24) is 20.1 Å². The summed E-state index contributed by atoms with van der Waals surface area (Å²) >= 11 is 1.60. The molecule has 0 fully saturated rings. The number of ether oxygens (including phenoxy) is 1. The number of phenolic OH excluding ortho intramolecular Hbond substituents is 1. The molecular formula is C28H30N4O3S. The molecule has 2 N–H and O–H groups in total. The minimum Gasteiger partial charge on any atom is -0.508 e. The van der Waals surface area contributed by atoms with Gasteiger partial charge in [-0.2, -0.15) is 0 Å². The summed E-state index contributed by atoms with van der Waals surface area (Å²) in [5, 5.41) is 22.6. The molecule has 186 valence electrons. The maximum absolute atomic E-state index is 12.5. The number of benzene rings is 3. The summed E-state index contributed by atoms with van der Waals surface area (Å²) in [7, 11) is 1.62. The number of hydrogen-bond donors (Lipinski definition) is 2. The van der Waals surface area contributed by atoms with Crippen LogP contribution in [0.5, 0.6) is 11.5 Å². The van der Waals surface area contributed by atoms with Gasteiger partial charge < -0.3 is 15.2 Å². The summed E-state index contributed by atoms with van der Waals surface area (Å²) in [4.78, 5) is 12.5. The number of nitrogens with one attached hydrogen (secondary N) is 1. The van der Waals surface area contributed by atoms with Gasteiger partial charge in [0.05, 0.1) is 12.8 Å². The molecular weight excluding hydrogens is 472 g/mol. The molecule has 36 heavy (non-hydrogen) atoms. The fourth-order valence-electron chi connectivity index (χ4n) is 3.90. The lowest BCUT2D eigenvalue weighted by Crippen LogP contribution is -2.23. The van der Waals surface area contributed by atoms with Crippen LogP contribution in [-0.4, -0.2) is 32.9 Å². The van der Waals surface area contributed by atoms with Gasteiger partial charge in [-0.1, -0.05) is 60.3 Å². The summed E-state index contributed by atoms with van der Waals surface area (Å²) in [5.41, 5.74) is 4.20. The number of hydrogen-bond acceptors (Lipinski definition) is 6. The fraction of sp³-hybridized carbons (Fsp3) is 0.250. The number of carbonyl (C=O) groups is 1. The topological polar surface area (TPSA) is 89.3 Å². The van der Waals surface area contributed by atoms with E-state index in [0.29, 0.717) is 25.8 Å². The van der Waals surface area contributed by atoms with Crippen molar-refractivity contribution >= 4 is 17.7 Å². The zero-order valence-corrected chi connectivity index (χ0v) is 21.3. The maximum atomic E-state index is 12.5. The molecule has 0 saturated carbocycles. The molecule has 0 unspecified atom stereocenters. The van der Waals surface area contributed by atoms with Crippen LogP contribution in [-0.2, 0) is 23.5 Å². The van der Waals surface area contributed by atoms with Crippen LogP contribution in [0.2, 0.25) is 0 Å². The van der Waals surface area contributed by atoms with Crippen LogP contribution in [0.1, 0.15) is 35.4 Å². The molecule has 1 aromatic heterocycles. The molecule has 1 amide bonds. The Morgan fingerprint density at radius 3 is 2.58 bits per heavy atom. The van der Waals surface area contributed by atoms with E-state index in [1.165, 1.54) is 11.1 Å². The molecule has 1 heterocycles. The van der Waals surface area contributed by atoms with Gasteiger partial charge in [-0.05, 0) is 42.7 Å². The molecule has 0 atom stereocenters. The summed E-state index contributed by atoms with van der Waals surface area (Å²) in [6, 6.07) is 23.0. The van der Waals surface area contributed by atoms with Gasteiger partial charge in [0.15, 0.2) is 5.16 Å². The van der Waals surface area contributed by atoms with Crippen molar-refractivity contribution in [2.75, 3.05) is 7.11 Å². The molecule has 0 aliphatic rings. The van der Waals surface area contributed by atoms with E-state index in [0.717, 1.165) is 33.7 Å². The van der Waals surface area contributed by atoms with Crippen LogP contribution in [0.3, 0.4) is 0 Å². The number of carbonyl (C=O) groups excluding carboxylic acids is 1. The Bertz CT molecular complexity index is 1320. The third kappa shape index (κ3) is 6.46. The lowest BCUT2D eigenvalue weighted by molar-refractivity contribution is -0.121. The van der Waals surface area contributed by atoms with Gasteiger partial charge >= 0.3 is 0 Å². The number of nitrogens with zero attached hydrogens (tertiary/aromatic N) is 3. The average molecular weight is 503 g/mol. The predicted molar refractivity (Wildman–Crippen MR) is 142 cm³/mol. The first-order chi connectivity index (χ1) is 17.5. The Hall–Kier alpha value is -3.78. The fourth-order valence-corrected chi connectivity index (χ4v) is 4.95. The predicted octanol–water partition coefficient (Wildman–Crippen LogP) is 5.22. The van der Waals surface area contributed by atoms with E-state index >= 15 is 0 Å². The van der Waals surface area contributed by atoms with Gasteiger partial charge in [0.2, 0.25) is 5.91 Å². The van der Waals surface area contributed by atoms with E-state index in [1.807, 2.05) is 47.0 Å². The number of aromatic hydroxyl groups is 1. The molecule has 0 aliphatic carbocycles. The van der Waals surface area contributed by atoms with E-state index in [9.17, 15) is 9.90 Å². The van der Waals surface area contributed by atoms with E-state index in [4.69, 9.17) is 4.74 Å². The SMILES string of the molecule is COc1ccccc1CNC(=O)CCCc1nnc(SCc2ccccc2C)n1-c1cccc(O)c1. The van der Waals surface area contributed by atoms with Crippen molar-refractivity contribution in [1.29, 1.82) is 0 Å². The minimum absolute atomic E-state index is 0.0292. The Kier molecular flexibility index (Phi) is 8.62. The molecule has 0 saturated heterocycles. The highest BCUT2D eigenvalue weighted by Gasteiger charge is 2.16. The first-order valence-electron chi connectivity index (χ1n) is 11.8. The molecule has 4 rings (SSSR count). The third-order valence-electron chi connectivity index (χ3n) is 5.88. The highest BCUT2D eigenvalue weighted by Crippen LogP contribution is 2.28. The quantitative estimate of drug-likeness (QED) is 0.273. The first kappa shape index (κ1) is 25.3. The van der Waals surface area contributed by atoms with E-state index in [2.05, 4.69) is 34.6 Å². The molecule has 0 aliphatic heterocycles. The van der Waals surface area contributed by atoms with Crippen LogP contribution < -0.4 is 10.1 Å². The Labute approximate surface area is 215 Å². The second kappa shape index (κ2) is 12.3. The van der Waals surface area contributed by atoms with Gasteiger partial charge in [0.25, 0.3) is 0 Å². The number of aryl methyl sites for hydroxylation is 2. The summed E-state index contributed by atoms with van der Waals surface area (Å²) in [5.74, 6) is 2.42. The van der Waals surface area contributed by atoms with Crippen molar-refractivity contribution in [3.63, 3.8) is 0 Å². The lowest BCUT2D eigenvalue weighted by atomic mass is 10.1. The normalized spacial score (nSPS) is 10.8. The monoisotopic (exact) mass is 502 g/mol. The van der Waals surface area contributed by atoms with Gasteiger partial charge in [-0.25, -0.2) is 0 Å². The zero-order chi connectivity index (χ0) is 25.3. The molecule has 4 aromatic rings. The maximum Gasteiger partial charge on any atom is 0.220 e. The molecule has 0 bridgehead atoms. The van der Waals surface area contributed by atoms with Crippen molar-refractivity contribution in [2.45, 2.75) is 43.6 Å². The molecule has 0 radical (unpaired) electrons. The van der Waals surface area contributed by atoms with Gasteiger partial charge in [0.1, 0.15) is 17.3 Å². The van der Waals surface area contributed by atoms with Crippen LogP contribution in [0, 0.1) is 6.92 Å². The van der Waals surface area contributed by atoms with Crippen molar-refractivity contribution < 1.29 is 14.6 Å². The average Bonchev–Trinajstić information content (AvgIpc) is 3.29. The number of para-hydroxylation sites is 1. The molecule has 8 heteroatoms. The number of amides is 1. The van der Waals surface area contributed by atoms with E-state index in [1.54, 1.807) is 37.1 Å². The van der Waals surface area contributed by atoms with Crippen LogP contribution >= 0.6 is 11.8 Å². The molecule has 7 nitrogen and oxygen atoms in total. The van der Waals surface area contributed by atoms with Crippen molar-refractivity contribution in [3.8, 4) is 17.2 Å². The lowest BCUT2D eigenvalue weighted by Gasteiger charge is -2.12. The summed E-state index contributed by atoms with van der Waals surface area (Å²) in [6.45, 7) is 2.52. The first-order valence-corrected chi connectivity index (χ1v) is 12.8. The van der Waals surface area contributed by atoms with Crippen LogP contribution in [0.15, 0.2) is 78.0 Å². The summed E-state index contributed by atoms with van der Waals surface area (Å²) < 4.78 is 7.32. The minimum atomic E-state index is -0.0292. The summed E-state index contributed by atoms with van der Waals surface area (Å²) in [6.07, 6.45) is 1.57. The van der Waals surface area contributed by atoms with E-state index < -0.39 is 0 Å². The highest BCUT2D eigenvalue weighted by atomic mass is 32.2. The van der Waals surface area contributed by atoms with Gasteiger partial charge in [-0.3, -0.25) is 9.36 Å². The molecule has 0 spiro atoms. The smallest absolute Gasteiger partial charge is 0.220 e. The van der Waals surface area contributed by atoms with Crippen LogP contribution in [0.4, 0.5) is 0 Å². The van der Waals surface area contributed by atoms with Crippen molar-refractivity contribution in [3.05, 3.63) is 95.3 Å². The Morgan fingerprint density at radius 1 is 1.03 bits per heavy atom. The van der Waals surface area contributed by atoms with Gasteiger partial charge in [0, 0.05) is 36.8 Å². The number of methoxy groups -OCH3 is 1. The third-order valence-corrected chi connectivity index (χ3v) is 6.86. The number of aromatic nitrogens is 3. The van der Waals surface area contributed by atoms with Crippen molar-refractivity contribution in [2.24, 2.45) is 0 Å². The standard InChI is InChI=1S/C28H30N4O3S/c1-20-9-3-4-11-22(20)19-36-28-31-30-26(32(28)23-12-7-13-24(33)17-23)15-8-16-27(34)29-18-21-10-5-6-14-25(21)35-2/h3-7,9-14,17,33H,8,15-16,18-19H2,1-2H3,(H,29,34). The number of thioether (sulfide) groups is 1. The van der Waals surface area contributed by atoms with E-state index in [-0.39, 0.29) is 11.7 Å². The Balaban J connectivity index is 1.42. The van der Waals surface area contributed by atoms with Crippen LogP contribution in [0.25, 0.3) is 5.69 Å². The largest absolute Gasteiger partial charge is 0.508 e. The molecule has 3 aromatic carbocycles. The zero-order valence-electron chi connectivity index (χ0n) is 20.5. The highest BCUT2D eigenvalue weighted by molar-refractivity contribution is 7.98. The second-order valence-electron chi connectivity index (χ2n) is 8.41. The number of phenols is 1. The Morgan fingerprint density at radius 2 is 1.81 bits per heavy atom. The van der Waals surface area contributed by atoms with Gasteiger partial charge in [-0.15, -0.1) is 10.2 Å². The second-order valence-corrected chi connectivity index (χ2v) is 9.35. The number of rotatable bonds is 11.